The standard InChI is InChI=1S/C40H27N7O15S3/c1-47-27-13-12-24(31-32(27)30(22-10-2-3-11-23(22)35(31)49)33(36(47)50)34(48)18-6-5-9-21(15-18)61-63(54)55)42-25-16-26(29(65(58,59)60)17-28(25)62-64(56)57)43-39-44-38(45-40(53)46-39)41-20-8-4-7-19(14-20)37(51)52/h2-17,42H,1H3,(H,51,52)(H,54,55)(H,56,57)(H,58,59,60)(H3,41,43,44,45,46,53). The van der Waals surface area contributed by atoms with Gasteiger partial charge < -0.3 is 34.0 Å². The van der Waals surface area contributed by atoms with Gasteiger partial charge in [0.25, 0.3) is 15.7 Å². The molecule has 2 heterocycles. The van der Waals surface area contributed by atoms with Crippen molar-refractivity contribution in [1.82, 2.24) is 19.5 Å². The van der Waals surface area contributed by atoms with Gasteiger partial charge in [-0.2, -0.15) is 26.8 Å². The third kappa shape index (κ3) is 8.60. The Balaban J connectivity index is 1.30. The second kappa shape index (κ2) is 17.0. The van der Waals surface area contributed by atoms with Crippen LogP contribution in [0.5, 0.6) is 11.5 Å². The molecule has 0 saturated heterocycles. The average molecular weight is 942 g/mol. The number of ketones is 2. The number of pyridine rings is 1. The number of carbonyl (C=O) groups excluding carboxylic acids is 2. The lowest BCUT2D eigenvalue weighted by Crippen LogP contribution is -2.29. The van der Waals surface area contributed by atoms with Crippen molar-refractivity contribution in [1.29, 1.82) is 0 Å². The van der Waals surface area contributed by atoms with Crippen molar-refractivity contribution in [2.45, 2.75) is 4.90 Å². The Bertz CT molecular complexity index is 3500. The zero-order chi connectivity index (χ0) is 46.5. The van der Waals surface area contributed by atoms with Gasteiger partial charge in [0, 0.05) is 40.9 Å². The summed E-state index contributed by atoms with van der Waals surface area (Å²) in [5, 5.41) is 17.6. The van der Waals surface area contributed by atoms with Gasteiger partial charge in [0.05, 0.1) is 39.3 Å². The summed E-state index contributed by atoms with van der Waals surface area (Å²) < 4.78 is 89.4. The number of fused-ring (bicyclic) bond motifs is 2. The minimum Gasteiger partial charge on any atom is -0.478 e. The molecular weight excluding hydrogens is 915 g/mol. The Labute approximate surface area is 368 Å². The number of carboxylic acids is 1. The SMILES string of the molecule is Cn1c(=O)c(C(=O)c2cccc(OS(=O)O)c2)c2c3c(c(Nc4cc(Nc5nc(Nc6cccc(C(=O)O)c6)nc(=O)[nH]5)c(S(=O)(=O)O)cc4OS(=O)O)ccc31)C(=O)c1ccccc1-2. The van der Waals surface area contributed by atoms with Crippen LogP contribution in [-0.2, 0) is 39.9 Å². The van der Waals surface area contributed by atoms with Crippen LogP contribution in [0.2, 0.25) is 0 Å². The number of benzene rings is 5. The summed E-state index contributed by atoms with van der Waals surface area (Å²) in [5.74, 6) is -4.39. The largest absolute Gasteiger partial charge is 0.478 e. The monoisotopic (exact) mass is 941 g/mol. The molecular formula is C40H27N7O15S3. The van der Waals surface area contributed by atoms with Crippen LogP contribution >= 0.6 is 0 Å². The smallest absolute Gasteiger partial charge is 0.357 e. The van der Waals surface area contributed by atoms with Gasteiger partial charge in [-0.15, -0.1) is 0 Å². The number of H-pyrrole nitrogens is 1. The molecule has 1 aliphatic rings. The number of hydrogen-bond acceptors (Lipinski definition) is 16. The van der Waals surface area contributed by atoms with Gasteiger partial charge in [-0.1, -0.05) is 42.5 Å². The van der Waals surface area contributed by atoms with Crippen molar-refractivity contribution >= 4 is 95.9 Å². The van der Waals surface area contributed by atoms with Crippen LogP contribution in [0.15, 0.2) is 112 Å². The lowest BCUT2D eigenvalue weighted by molar-refractivity contribution is 0.0696. The normalized spacial score (nSPS) is 12.8. The maximum Gasteiger partial charge on any atom is 0.357 e. The van der Waals surface area contributed by atoms with Crippen LogP contribution in [-0.4, -0.2) is 72.7 Å². The molecule has 5 aromatic carbocycles. The van der Waals surface area contributed by atoms with E-state index in [1.54, 1.807) is 12.1 Å². The number of aromatic amines is 1. The van der Waals surface area contributed by atoms with Crippen molar-refractivity contribution < 1.29 is 58.4 Å². The van der Waals surface area contributed by atoms with E-state index in [-0.39, 0.29) is 78.6 Å². The molecule has 0 saturated carbocycles. The first-order valence-corrected chi connectivity index (χ1v) is 21.7. The molecule has 2 aromatic heterocycles. The highest BCUT2D eigenvalue weighted by Crippen LogP contribution is 2.45. The number of hydrogen-bond donors (Lipinski definition) is 8. The van der Waals surface area contributed by atoms with E-state index in [9.17, 15) is 59.6 Å². The van der Waals surface area contributed by atoms with Gasteiger partial charge in [-0.3, -0.25) is 33.0 Å². The van der Waals surface area contributed by atoms with Crippen LogP contribution in [0.1, 0.15) is 42.2 Å². The topological polar surface area (TPSA) is 336 Å². The molecule has 2 unspecified atom stereocenters. The van der Waals surface area contributed by atoms with E-state index in [4.69, 9.17) is 8.37 Å². The summed E-state index contributed by atoms with van der Waals surface area (Å²) in [6.45, 7) is 0. The molecule has 0 spiro atoms. The van der Waals surface area contributed by atoms with E-state index in [1.807, 2.05) is 0 Å². The number of nitrogens with one attached hydrogen (secondary N) is 4. The number of carbonyl (C=O) groups is 3. The molecule has 7 aromatic rings. The summed E-state index contributed by atoms with van der Waals surface area (Å²) in [5.41, 5.74) is -2.80. The van der Waals surface area contributed by atoms with Gasteiger partial charge in [0.15, 0.2) is 17.3 Å². The first-order chi connectivity index (χ1) is 30.9. The molecule has 0 amide bonds. The number of rotatable bonds is 14. The lowest BCUT2D eigenvalue weighted by atomic mass is 9.80. The number of nitrogens with zero attached hydrogens (tertiary/aromatic N) is 3. The predicted octanol–water partition coefficient (Wildman–Crippen LogP) is 4.67. The van der Waals surface area contributed by atoms with Gasteiger partial charge in [0.1, 0.15) is 10.6 Å². The van der Waals surface area contributed by atoms with E-state index >= 15 is 0 Å². The molecule has 330 valence electrons. The van der Waals surface area contributed by atoms with Crippen LogP contribution < -0.4 is 35.6 Å². The predicted molar refractivity (Wildman–Crippen MR) is 233 cm³/mol. The number of carboxylic acid groups (broad SMARTS) is 1. The minimum absolute atomic E-state index is 0.0443. The van der Waals surface area contributed by atoms with Crippen LogP contribution in [0, 0.1) is 0 Å². The highest BCUT2D eigenvalue weighted by Gasteiger charge is 2.35. The molecule has 0 bridgehead atoms. The second-order valence-corrected chi connectivity index (χ2v) is 16.3. The van der Waals surface area contributed by atoms with E-state index < -0.39 is 83.9 Å². The third-order valence-electron chi connectivity index (χ3n) is 9.78. The fourth-order valence-electron chi connectivity index (χ4n) is 7.15. The Morgan fingerprint density at radius 2 is 1.46 bits per heavy atom. The summed E-state index contributed by atoms with van der Waals surface area (Å²) in [6.07, 6.45) is 0. The van der Waals surface area contributed by atoms with E-state index in [1.165, 1.54) is 73.8 Å². The minimum atomic E-state index is -5.23. The van der Waals surface area contributed by atoms with Crippen molar-refractivity contribution in [2.24, 2.45) is 7.05 Å². The van der Waals surface area contributed by atoms with Crippen molar-refractivity contribution in [3.8, 4) is 22.6 Å². The van der Waals surface area contributed by atoms with Gasteiger partial charge in [0.2, 0.25) is 11.9 Å². The summed E-state index contributed by atoms with van der Waals surface area (Å²) >= 11 is -5.87. The molecule has 65 heavy (non-hydrogen) atoms. The molecule has 8 rings (SSSR count). The first-order valence-electron chi connectivity index (χ1n) is 18.2. The maximum atomic E-state index is 14.6. The molecule has 8 N–H and O–H groups in total. The Morgan fingerprint density at radius 1 is 0.754 bits per heavy atom. The molecule has 1 aliphatic carbocycles. The second-order valence-electron chi connectivity index (χ2n) is 13.7. The number of aromatic nitrogens is 4. The Hall–Kier alpha value is -7.94. The number of aromatic carboxylic acids is 1. The van der Waals surface area contributed by atoms with Gasteiger partial charge >= 0.3 is 34.4 Å². The highest BCUT2D eigenvalue weighted by molar-refractivity contribution is 7.86. The van der Waals surface area contributed by atoms with Crippen molar-refractivity contribution in [3.05, 3.63) is 146 Å². The van der Waals surface area contributed by atoms with Crippen molar-refractivity contribution in [2.75, 3.05) is 16.0 Å². The molecule has 25 heteroatoms. The maximum absolute atomic E-state index is 14.6. The quantitative estimate of drug-likeness (QED) is 0.0417. The Morgan fingerprint density at radius 3 is 2.17 bits per heavy atom. The van der Waals surface area contributed by atoms with Gasteiger partial charge in [-0.05, 0) is 54.1 Å². The van der Waals surface area contributed by atoms with E-state index in [0.29, 0.717) is 6.07 Å². The molecule has 0 fully saturated rings. The molecule has 0 radical (unpaired) electrons. The molecule has 0 aliphatic heterocycles. The zero-order valence-corrected chi connectivity index (χ0v) is 35.0. The highest BCUT2D eigenvalue weighted by atomic mass is 32.2. The third-order valence-corrected chi connectivity index (χ3v) is 11.3. The summed E-state index contributed by atoms with van der Waals surface area (Å²) in [4.78, 5) is 76.4. The fraction of sp³-hybridized carbons (Fsp3) is 0.0250. The summed E-state index contributed by atoms with van der Waals surface area (Å²) in [6, 6.07) is 21.2. The number of aryl methyl sites for hydroxylation is 1. The van der Waals surface area contributed by atoms with E-state index in [0.717, 1.165) is 16.7 Å². The van der Waals surface area contributed by atoms with E-state index in [2.05, 4.69) is 30.9 Å². The van der Waals surface area contributed by atoms with Gasteiger partial charge in [-0.25, -0.2) is 9.59 Å². The number of anilines is 6. The van der Waals surface area contributed by atoms with Crippen molar-refractivity contribution in [3.63, 3.8) is 0 Å². The zero-order valence-electron chi connectivity index (χ0n) is 32.6. The molecule has 2 atom stereocenters. The first kappa shape index (κ1) is 43.7. The Kier molecular flexibility index (Phi) is 11.4. The average Bonchev–Trinajstić information content (AvgIpc) is 3.24. The summed E-state index contributed by atoms with van der Waals surface area (Å²) in [7, 11) is -3.86. The van der Waals surface area contributed by atoms with Crippen LogP contribution in [0.25, 0.3) is 22.0 Å². The molecule has 22 nitrogen and oxygen atoms in total. The van der Waals surface area contributed by atoms with Crippen LogP contribution in [0.3, 0.4) is 0 Å². The fourth-order valence-corrected chi connectivity index (χ4v) is 8.35. The van der Waals surface area contributed by atoms with Crippen LogP contribution in [0.4, 0.5) is 34.6 Å². The lowest BCUT2D eigenvalue weighted by Gasteiger charge is -2.26.